The average molecular weight is 671 g/mol. The number of carboxylic acid groups (broad SMARTS) is 2. The first-order valence-corrected chi connectivity index (χ1v) is 12.7. The second-order valence-electron chi connectivity index (χ2n) is 9.20. The van der Waals surface area contributed by atoms with Crippen LogP contribution in [-0.4, -0.2) is 83.7 Å². The van der Waals surface area contributed by atoms with E-state index in [1.807, 2.05) is 16.2 Å². The van der Waals surface area contributed by atoms with Crippen LogP contribution in [0.3, 0.4) is 0 Å². The number of halogens is 8. The van der Waals surface area contributed by atoms with Crippen molar-refractivity contribution >= 4 is 52.2 Å². The molecule has 5 rings (SSSR count). The number of rotatable bonds is 4. The maximum Gasteiger partial charge on any atom is 0.490 e. The highest BCUT2D eigenvalue weighted by atomic mass is 35.5. The number of aromatic nitrogens is 5. The van der Waals surface area contributed by atoms with E-state index in [1.54, 1.807) is 37.1 Å². The normalized spacial score (nSPS) is 15.6. The van der Waals surface area contributed by atoms with Gasteiger partial charge >= 0.3 is 24.3 Å². The van der Waals surface area contributed by atoms with Gasteiger partial charge in [-0.2, -0.15) is 26.3 Å². The Morgan fingerprint density at radius 3 is 2.27 bits per heavy atom. The Morgan fingerprint density at radius 2 is 1.73 bits per heavy atom. The SMILES string of the molecule is CC(NC(=O)c1c(N)nn2cccnc12)c1cc(Cl)c2cncn2c1N1CC[C@@H](F)C1.O=C(O)C(F)(F)F.O=C(O)C(F)(F)F. The van der Waals surface area contributed by atoms with Gasteiger partial charge in [0, 0.05) is 24.5 Å². The van der Waals surface area contributed by atoms with Gasteiger partial charge in [-0.05, 0) is 25.5 Å². The third-order valence-corrected chi connectivity index (χ3v) is 6.33. The Hall–Kier alpha value is -4.88. The molecule has 4 aromatic heterocycles. The molecule has 21 heteroatoms. The van der Waals surface area contributed by atoms with Crippen LogP contribution in [-0.2, 0) is 9.59 Å². The lowest BCUT2D eigenvalue weighted by Gasteiger charge is -2.26. The van der Waals surface area contributed by atoms with E-state index >= 15 is 0 Å². The van der Waals surface area contributed by atoms with Crippen LogP contribution in [0.5, 0.6) is 0 Å². The molecule has 45 heavy (non-hydrogen) atoms. The number of nitrogens with two attached hydrogens (primary N) is 1. The standard InChI is InChI=1S/C20H20ClFN8O.2C2HF3O2/c1-11(26-19(31)16-17(23)27-30-5-2-4-25-18(16)30)13-7-14(21)15-8-24-10-29(15)20(13)28-6-3-12(22)9-28;2*3-2(4,5)1(6)7/h2,4-5,7-8,10-12H,3,6,9H2,1H3,(H2,23,27)(H,26,31);2*(H,6,7)/t11?,12-;;/m1../s1. The summed E-state index contributed by atoms with van der Waals surface area (Å²) in [4.78, 5) is 41.3. The fourth-order valence-corrected chi connectivity index (χ4v) is 4.34. The van der Waals surface area contributed by atoms with E-state index in [0.717, 1.165) is 16.9 Å². The quantitative estimate of drug-likeness (QED) is 0.233. The molecule has 1 fully saturated rings. The lowest BCUT2D eigenvalue weighted by atomic mass is 10.1. The predicted octanol–water partition coefficient (Wildman–Crippen LogP) is 3.92. The Kier molecular flexibility index (Phi) is 10.3. The van der Waals surface area contributed by atoms with Crippen LogP contribution in [0.1, 0.15) is 35.3 Å². The van der Waals surface area contributed by atoms with E-state index in [2.05, 4.69) is 20.4 Å². The minimum Gasteiger partial charge on any atom is -0.475 e. The van der Waals surface area contributed by atoms with E-state index in [-0.39, 0.29) is 17.9 Å². The van der Waals surface area contributed by atoms with Gasteiger partial charge in [-0.15, -0.1) is 5.10 Å². The number of amides is 1. The second-order valence-corrected chi connectivity index (χ2v) is 9.61. The Labute approximate surface area is 252 Å². The number of anilines is 2. The molecule has 1 unspecified atom stereocenters. The average Bonchev–Trinajstić information content (AvgIpc) is 3.66. The lowest BCUT2D eigenvalue weighted by molar-refractivity contribution is -0.193. The maximum absolute atomic E-state index is 14.0. The number of pyridine rings is 1. The van der Waals surface area contributed by atoms with Gasteiger partial charge in [0.05, 0.1) is 29.3 Å². The summed E-state index contributed by atoms with van der Waals surface area (Å²) >= 11 is 6.48. The lowest BCUT2D eigenvalue weighted by Crippen LogP contribution is -2.31. The molecule has 0 saturated carbocycles. The smallest absolute Gasteiger partial charge is 0.475 e. The monoisotopic (exact) mass is 670 g/mol. The Balaban J connectivity index is 0.000000331. The van der Waals surface area contributed by atoms with Crippen LogP contribution in [0.4, 0.5) is 42.4 Å². The van der Waals surface area contributed by atoms with Gasteiger partial charge in [0.25, 0.3) is 5.91 Å². The van der Waals surface area contributed by atoms with E-state index < -0.39 is 42.4 Å². The summed E-state index contributed by atoms with van der Waals surface area (Å²) in [5.74, 6) is -5.07. The number of hydrogen-bond donors (Lipinski definition) is 4. The fraction of sp³-hybridized carbons (Fsp3) is 0.333. The van der Waals surface area contributed by atoms with Crippen LogP contribution in [0.15, 0.2) is 37.1 Å². The van der Waals surface area contributed by atoms with E-state index in [1.165, 1.54) is 4.52 Å². The first-order valence-electron chi connectivity index (χ1n) is 12.4. The van der Waals surface area contributed by atoms with Crippen molar-refractivity contribution in [3.05, 3.63) is 53.2 Å². The number of nitrogens with one attached hydrogen (secondary N) is 1. The van der Waals surface area contributed by atoms with Crippen molar-refractivity contribution in [3.63, 3.8) is 0 Å². The van der Waals surface area contributed by atoms with Crippen LogP contribution in [0.2, 0.25) is 5.02 Å². The molecule has 13 nitrogen and oxygen atoms in total. The third-order valence-electron chi connectivity index (χ3n) is 6.03. The van der Waals surface area contributed by atoms with Crippen molar-refractivity contribution in [1.82, 2.24) is 29.3 Å². The summed E-state index contributed by atoms with van der Waals surface area (Å²) in [5, 5.41) is 21.8. The van der Waals surface area contributed by atoms with Gasteiger partial charge < -0.3 is 26.2 Å². The van der Waals surface area contributed by atoms with Gasteiger partial charge in [0.15, 0.2) is 11.5 Å². The topological polar surface area (TPSA) is 180 Å². The van der Waals surface area contributed by atoms with Crippen LogP contribution >= 0.6 is 11.6 Å². The molecular weight excluding hydrogens is 649 g/mol. The van der Waals surface area contributed by atoms with Gasteiger partial charge in [0.2, 0.25) is 0 Å². The molecule has 0 aliphatic carbocycles. The molecule has 244 valence electrons. The van der Waals surface area contributed by atoms with Gasteiger partial charge in [-0.1, -0.05) is 11.6 Å². The molecule has 1 amide bonds. The summed E-state index contributed by atoms with van der Waals surface area (Å²) in [5.41, 5.74) is 8.02. The summed E-state index contributed by atoms with van der Waals surface area (Å²) in [7, 11) is 0. The molecule has 0 spiro atoms. The first-order chi connectivity index (χ1) is 20.8. The molecule has 0 radical (unpaired) electrons. The van der Waals surface area contributed by atoms with Crippen LogP contribution in [0, 0.1) is 0 Å². The highest BCUT2D eigenvalue weighted by molar-refractivity contribution is 6.34. The summed E-state index contributed by atoms with van der Waals surface area (Å²) in [6, 6.07) is 3.04. The molecule has 0 aromatic carbocycles. The number of carbonyl (C=O) groups is 3. The number of carboxylic acids is 2. The van der Waals surface area contributed by atoms with Crippen molar-refractivity contribution in [3.8, 4) is 0 Å². The van der Waals surface area contributed by atoms with Crippen molar-refractivity contribution in [2.75, 3.05) is 23.7 Å². The van der Waals surface area contributed by atoms with Crippen molar-refractivity contribution in [1.29, 1.82) is 0 Å². The molecule has 1 saturated heterocycles. The number of hydrogen-bond acceptors (Lipinski definition) is 8. The van der Waals surface area contributed by atoms with Crippen molar-refractivity contribution < 1.29 is 55.3 Å². The van der Waals surface area contributed by atoms with Crippen LogP contribution in [0.25, 0.3) is 11.2 Å². The third kappa shape index (κ3) is 8.19. The number of imidazole rings is 1. The number of aliphatic carboxylic acids is 2. The molecule has 1 aliphatic rings. The van der Waals surface area contributed by atoms with Gasteiger partial charge in [0.1, 0.15) is 23.9 Å². The molecule has 2 atom stereocenters. The van der Waals surface area contributed by atoms with Gasteiger partial charge in [-0.3, -0.25) is 9.20 Å². The van der Waals surface area contributed by atoms with Crippen LogP contribution < -0.4 is 16.0 Å². The van der Waals surface area contributed by atoms with E-state index in [9.17, 15) is 35.5 Å². The zero-order valence-electron chi connectivity index (χ0n) is 22.6. The number of nitrogen functional groups attached to an aromatic ring is 1. The largest absolute Gasteiger partial charge is 0.490 e. The summed E-state index contributed by atoms with van der Waals surface area (Å²) in [6.07, 6.45) is -4.08. The zero-order valence-corrected chi connectivity index (χ0v) is 23.4. The fourth-order valence-electron chi connectivity index (χ4n) is 4.09. The minimum atomic E-state index is -5.08. The highest BCUT2D eigenvalue weighted by Crippen LogP contribution is 2.35. The number of carbonyl (C=O) groups excluding carboxylic acids is 1. The zero-order chi connectivity index (χ0) is 33.9. The molecule has 4 aromatic rings. The summed E-state index contributed by atoms with van der Waals surface area (Å²) in [6.45, 7) is 2.68. The molecular formula is C24H22ClF7N8O5. The highest BCUT2D eigenvalue weighted by Gasteiger charge is 2.39. The molecule has 1 aliphatic heterocycles. The molecule has 0 bridgehead atoms. The maximum atomic E-state index is 14.0. The Bertz CT molecular complexity index is 1680. The van der Waals surface area contributed by atoms with E-state index in [4.69, 9.17) is 37.1 Å². The minimum absolute atomic E-state index is 0.0894. The predicted molar refractivity (Wildman–Crippen MR) is 143 cm³/mol. The molecule has 5 N–H and O–H groups in total. The first kappa shape index (κ1) is 34.6. The molecule has 5 heterocycles. The number of nitrogens with zero attached hydrogens (tertiary/aromatic N) is 6. The second kappa shape index (κ2) is 13.4. The van der Waals surface area contributed by atoms with Crippen molar-refractivity contribution in [2.45, 2.75) is 37.9 Å². The number of fused-ring (bicyclic) bond motifs is 2. The van der Waals surface area contributed by atoms with Gasteiger partial charge in [-0.25, -0.2) is 28.5 Å². The summed E-state index contributed by atoms with van der Waals surface area (Å²) < 4.78 is 80.8. The number of alkyl halides is 7. The van der Waals surface area contributed by atoms with Crippen molar-refractivity contribution in [2.24, 2.45) is 0 Å². The Morgan fingerprint density at radius 1 is 1.13 bits per heavy atom. The van der Waals surface area contributed by atoms with E-state index in [0.29, 0.717) is 23.6 Å².